The molecule has 0 radical (unpaired) electrons. The molecule has 0 aliphatic carbocycles. The summed E-state index contributed by atoms with van der Waals surface area (Å²) in [6, 6.07) is 0. The normalized spacial score (nSPS) is 28.6. The van der Waals surface area contributed by atoms with Crippen molar-refractivity contribution in [3.05, 3.63) is 0 Å². The van der Waals surface area contributed by atoms with Crippen molar-refractivity contribution in [3.8, 4) is 0 Å². The summed E-state index contributed by atoms with van der Waals surface area (Å²) in [4.78, 5) is 45.8. The van der Waals surface area contributed by atoms with E-state index in [-0.39, 0.29) is 12.4 Å². The molecule has 11 heteroatoms. The molecule has 0 amide bonds. The number of carbonyl (C=O) groups is 4. The van der Waals surface area contributed by atoms with E-state index < -0.39 is 64.5 Å². The zero-order valence-corrected chi connectivity index (χ0v) is 16.6. The smallest absolute Gasteiger partial charge is 0.303 e. The van der Waals surface area contributed by atoms with Crippen LogP contribution in [0.3, 0.4) is 0 Å². The molecule has 1 unspecified atom stereocenters. The number of hydrogen-bond donors (Lipinski definition) is 0. The van der Waals surface area contributed by atoms with Crippen molar-refractivity contribution in [3.63, 3.8) is 0 Å². The number of hydrogen-bond acceptors (Lipinski definition) is 10. The lowest BCUT2D eigenvalue weighted by Crippen LogP contribution is -2.63. The van der Waals surface area contributed by atoms with Crippen LogP contribution in [0.25, 0.3) is 0 Å². The molecule has 10 nitrogen and oxygen atoms in total. The van der Waals surface area contributed by atoms with Gasteiger partial charge in [0.1, 0.15) is 12.7 Å². The molecule has 1 fully saturated rings. The summed E-state index contributed by atoms with van der Waals surface area (Å²) in [7, 11) is -1.63. The Balaban J connectivity index is 3.33. The van der Waals surface area contributed by atoms with Gasteiger partial charge in [-0.3, -0.25) is 23.4 Å². The Labute approximate surface area is 159 Å². The highest BCUT2D eigenvalue weighted by Crippen LogP contribution is 2.30. The van der Waals surface area contributed by atoms with Crippen LogP contribution in [0.4, 0.5) is 0 Å². The molecule has 6 atom stereocenters. The highest BCUT2D eigenvalue weighted by atomic mass is 32.2. The van der Waals surface area contributed by atoms with E-state index in [1.54, 1.807) is 6.92 Å². The maximum absolute atomic E-state index is 12.4. The van der Waals surface area contributed by atoms with Crippen LogP contribution in [0.2, 0.25) is 0 Å². The van der Waals surface area contributed by atoms with E-state index in [0.29, 0.717) is 0 Å². The molecule has 0 saturated carbocycles. The van der Waals surface area contributed by atoms with Gasteiger partial charge in [-0.1, -0.05) is 6.92 Å². The zero-order valence-electron chi connectivity index (χ0n) is 15.8. The number of esters is 4. The van der Waals surface area contributed by atoms with Crippen LogP contribution in [0.15, 0.2) is 0 Å². The van der Waals surface area contributed by atoms with Crippen molar-refractivity contribution in [1.29, 1.82) is 0 Å². The van der Waals surface area contributed by atoms with Gasteiger partial charge in [-0.2, -0.15) is 0 Å². The van der Waals surface area contributed by atoms with Crippen LogP contribution in [0.1, 0.15) is 34.6 Å². The second-order valence-corrected chi connectivity index (χ2v) is 7.54. The van der Waals surface area contributed by atoms with Gasteiger partial charge in [0.05, 0.1) is 10.8 Å². The van der Waals surface area contributed by atoms with Crippen molar-refractivity contribution in [2.75, 3.05) is 12.4 Å². The molecule has 0 aromatic heterocycles. The van der Waals surface area contributed by atoms with Crippen molar-refractivity contribution >= 4 is 34.7 Å². The molecule has 1 aliphatic rings. The third kappa shape index (κ3) is 6.90. The summed E-state index contributed by atoms with van der Waals surface area (Å²) >= 11 is 0. The first-order valence-electron chi connectivity index (χ1n) is 8.24. The van der Waals surface area contributed by atoms with Crippen LogP contribution in [0, 0.1) is 0 Å². The van der Waals surface area contributed by atoms with Gasteiger partial charge in [0.25, 0.3) is 0 Å². The SMILES string of the molecule is CCS(=O)[C@@H]1O[C@H](COC(C)=O)[C@@H](OC(C)=O)[C@H](OC(C)=O)[C@H]1OC(C)=O. The summed E-state index contributed by atoms with van der Waals surface area (Å²) < 4.78 is 38.7. The summed E-state index contributed by atoms with van der Waals surface area (Å²) in [5.74, 6) is -2.62. The van der Waals surface area contributed by atoms with Crippen LogP contribution in [-0.4, -0.2) is 70.3 Å². The number of rotatable bonds is 7. The minimum Gasteiger partial charge on any atom is -0.463 e. The lowest BCUT2D eigenvalue weighted by atomic mass is 9.99. The highest BCUT2D eigenvalue weighted by Gasteiger charge is 2.53. The quantitative estimate of drug-likeness (QED) is 0.413. The highest BCUT2D eigenvalue weighted by molar-refractivity contribution is 7.85. The first-order valence-corrected chi connectivity index (χ1v) is 9.62. The Morgan fingerprint density at radius 2 is 1.30 bits per heavy atom. The molecule has 1 rings (SSSR count). The van der Waals surface area contributed by atoms with E-state index in [0.717, 1.165) is 20.8 Å². The van der Waals surface area contributed by atoms with Gasteiger partial charge in [-0.25, -0.2) is 0 Å². The van der Waals surface area contributed by atoms with Crippen molar-refractivity contribution in [2.45, 2.75) is 64.5 Å². The van der Waals surface area contributed by atoms with Crippen LogP contribution < -0.4 is 0 Å². The second kappa shape index (κ2) is 10.4. The van der Waals surface area contributed by atoms with Gasteiger partial charge in [0.2, 0.25) is 0 Å². The largest absolute Gasteiger partial charge is 0.463 e. The molecule has 0 N–H and O–H groups in total. The fourth-order valence-electron chi connectivity index (χ4n) is 2.56. The molecule has 0 aromatic carbocycles. The molecule has 0 bridgehead atoms. The van der Waals surface area contributed by atoms with E-state index in [1.165, 1.54) is 6.92 Å². The Morgan fingerprint density at radius 3 is 1.74 bits per heavy atom. The Bertz CT molecular complexity index is 604. The first-order chi connectivity index (χ1) is 12.6. The third-order valence-corrected chi connectivity index (χ3v) is 4.96. The minimum atomic E-state index is -1.63. The molecule has 0 aromatic rings. The first kappa shape index (κ1) is 23.0. The average molecular weight is 408 g/mol. The van der Waals surface area contributed by atoms with Gasteiger partial charge >= 0.3 is 23.9 Å². The molecule has 1 aliphatic heterocycles. The van der Waals surface area contributed by atoms with Crippen molar-refractivity contribution < 1.29 is 47.1 Å². The summed E-state index contributed by atoms with van der Waals surface area (Å²) in [5.41, 5.74) is -1.17. The summed E-state index contributed by atoms with van der Waals surface area (Å²) in [5, 5.41) is 0. The topological polar surface area (TPSA) is 132 Å². The standard InChI is InChI=1S/C16H24O10S/c1-6-27(21)16-15(25-11(5)20)14(24-10(4)19)13(23-9(3)18)12(26-16)7-22-8(2)17/h12-16H,6-7H2,1-5H3/t12-,13-,14+,15-,16+,27?/m1/s1. The summed E-state index contributed by atoms with van der Waals surface area (Å²) in [6.07, 6.45) is -4.87. The van der Waals surface area contributed by atoms with E-state index in [1.807, 2.05) is 0 Å². The van der Waals surface area contributed by atoms with E-state index in [4.69, 9.17) is 23.7 Å². The molecular formula is C16H24O10S. The van der Waals surface area contributed by atoms with Crippen LogP contribution in [0.5, 0.6) is 0 Å². The lowest BCUT2D eigenvalue weighted by Gasteiger charge is -2.43. The predicted molar refractivity (Wildman–Crippen MR) is 90.6 cm³/mol. The lowest BCUT2D eigenvalue weighted by molar-refractivity contribution is -0.238. The van der Waals surface area contributed by atoms with E-state index in [9.17, 15) is 23.4 Å². The minimum absolute atomic E-state index is 0.160. The maximum Gasteiger partial charge on any atom is 0.303 e. The number of carbonyl (C=O) groups excluding carboxylic acids is 4. The van der Waals surface area contributed by atoms with Crippen molar-refractivity contribution in [2.24, 2.45) is 0 Å². The predicted octanol–water partition coefficient (Wildman–Crippen LogP) is -0.162. The molecule has 1 saturated heterocycles. The Hall–Kier alpha value is -2.01. The Kier molecular flexibility index (Phi) is 8.83. The fourth-order valence-corrected chi connectivity index (χ4v) is 3.67. The van der Waals surface area contributed by atoms with Gasteiger partial charge in [-0.15, -0.1) is 0 Å². The maximum atomic E-state index is 12.4. The van der Waals surface area contributed by atoms with Crippen LogP contribution in [-0.2, 0) is 53.7 Å². The molecule has 0 spiro atoms. The molecule has 27 heavy (non-hydrogen) atoms. The zero-order chi connectivity index (χ0) is 20.7. The third-order valence-electron chi connectivity index (χ3n) is 3.49. The van der Waals surface area contributed by atoms with Gasteiger partial charge < -0.3 is 23.7 Å². The average Bonchev–Trinajstić information content (AvgIpc) is 2.54. The summed E-state index contributed by atoms with van der Waals surface area (Å²) in [6.45, 7) is 5.85. The molecule has 1 heterocycles. The second-order valence-electron chi connectivity index (χ2n) is 5.74. The van der Waals surface area contributed by atoms with E-state index in [2.05, 4.69) is 0 Å². The van der Waals surface area contributed by atoms with Crippen LogP contribution >= 0.6 is 0 Å². The molecule has 154 valence electrons. The van der Waals surface area contributed by atoms with Gasteiger partial charge in [0.15, 0.2) is 23.7 Å². The van der Waals surface area contributed by atoms with E-state index >= 15 is 0 Å². The van der Waals surface area contributed by atoms with Gasteiger partial charge in [0, 0.05) is 33.4 Å². The Morgan fingerprint density at radius 1 is 0.815 bits per heavy atom. The van der Waals surface area contributed by atoms with Crippen molar-refractivity contribution in [1.82, 2.24) is 0 Å². The number of ether oxygens (including phenoxy) is 5. The molecular weight excluding hydrogens is 384 g/mol. The van der Waals surface area contributed by atoms with Gasteiger partial charge in [-0.05, 0) is 0 Å². The monoisotopic (exact) mass is 408 g/mol. The fraction of sp³-hybridized carbons (Fsp3) is 0.750.